The standard InChI is InChI=1S/C7H18OS2Si/c1-7(2,3)6-8-11-10-5-4-9/h9H,4-6,11H2,1-3H3. The van der Waals surface area contributed by atoms with Crippen molar-refractivity contribution in [2.45, 2.75) is 20.8 Å². The molecule has 0 aromatic rings. The van der Waals surface area contributed by atoms with Gasteiger partial charge in [0.1, 0.15) is 0 Å². The van der Waals surface area contributed by atoms with E-state index in [9.17, 15) is 0 Å². The van der Waals surface area contributed by atoms with Crippen molar-refractivity contribution in [1.29, 1.82) is 0 Å². The fraction of sp³-hybridized carbons (Fsp3) is 1.00. The molecular formula is C7H18OS2Si. The van der Waals surface area contributed by atoms with Crippen LogP contribution in [0, 0.1) is 5.41 Å². The van der Waals surface area contributed by atoms with Gasteiger partial charge in [-0.2, -0.15) is 23.8 Å². The summed E-state index contributed by atoms with van der Waals surface area (Å²) in [6.45, 7) is 7.50. The summed E-state index contributed by atoms with van der Waals surface area (Å²) in [6, 6.07) is 0. The van der Waals surface area contributed by atoms with Crippen molar-refractivity contribution in [3.63, 3.8) is 0 Å². The van der Waals surface area contributed by atoms with Crippen molar-refractivity contribution < 1.29 is 4.43 Å². The van der Waals surface area contributed by atoms with Crippen molar-refractivity contribution in [2.75, 3.05) is 18.1 Å². The van der Waals surface area contributed by atoms with Crippen LogP contribution in [0.4, 0.5) is 0 Å². The van der Waals surface area contributed by atoms with Crippen LogP contribution in [-0.2, 0) is 4.43 Å². The molecule has 0 aliphatic carbocycles. The molecule has 0 aromatic carbocycles. The molecule has 1 nitrogen and oxygen atoms in total. The lowest BCUT2D eigenvalue weighted by Crippen LogP contribution is -2.15. The highest BCUT2D eigenvalue weighted by Crippen LogP contribution is 2.13. The minimum Gasteiger partial charge on any atom is -0.412 e. The largest absolute Gasteiger partial charge is 0.412 e. The molecular weight excluding hydrogens is 192 g/mol. The van der Waals surface area contributed by atoms with E-state index in [1.807, 2.05) is 11.2 Å². The maximum Gasteiger partial charge on any atom is 0.222 e. The molecule has 0 radical (unpaired) electrons. The van der Waals surface area contributed by atoms with E-state index in [1.165, 1.54) is 0 Å². The first-order valence-electron chi connectivity index (χ1n) is 3.82. The topological polar surface area (TPSA) is 9.23 Å². The summed E-state index contributed by atoms with van der Waals surface area (Å²) in [5.41, 5.74) is 0.328. The molecule has 0 heterocycles. The Morgan fingerprint density at radius 3 is 2.55 bits per heavy atom. The molecule has 0 saturated heterocycles. The summed E-state index contributed by atoms with van der Waals surface area (Å²) < 4.78 is 5.57. The van der Waals surface area contributed by atoms with Crippen LogP contribution in [0.1, 0.15) is 20.8 Å². The van der Waals surface area contributed by atoms with Crippen LogP contribution in [0.15, 0.2) is 0 Å². The van der Waals surface area contributed by atoms with Crippen LogP contribution >= 0.6 is 23.8 Å². The predicted molar refractivity (Wildman–Crippen MR) is 60.3 cm³/mol. The van der Waals surface area contributed by atoms with Crippen LogP contribution in [0.25, 0.3) is 0 Å². The highest BCUT2D eigenvalue weighted by Gasteiger charge is 2.08. The zero-order chi connectivity index (χ0) is 8.74. The molecule has 0 rings (SSSR count). The van der Waals surface area contributed by atoms with Gasteiger partial charge in [0, 0.05) is 6.61 Å². The third kappa shape index (κ3) is 10.9. The van der Waals surface area contributed by atoms with Crippen LogP contribution in [0.5, 0.6) is 0 Å². The molecule has 0 N–H and O–H groups in total. The minimum absolute atomic E-state index is 0.312. The Labute approximate surface area is 81.7 Å². The number of hydrogen-bond donors (Lipinski definition) is 1. The molecule has 0 saturated carbocycles. The lowest BCUT2D eigenvalue weighted by atomic mass is 9.99. The normalized spacial score (nSPS) is 13.1. The van der Waals surface area contributed by atoms with Gasteiger partial charge in [0.15, 0.2) is 0 Å². The second kappa shape index (κ2) is 6.40. The van der Waals surface area contributed by atoms with E-state index in [0.29, 0.717) is 5.41 Å². The van der Waals surface area contributed by atoms with E-state index in [0.717, 1.165) is 18.1 Å². The monoisotopic (exact) mass is 210 g/mol. The van der Waals surface area contributed by atoms with Gasteiger partial charge in [0.25, 0.3) is 0 Å². The summed E-state index contributed by atoms with van der Waals surface area (Å²) in [6.07, 6.45) is 0. The maximum absolute atomic E-state index is 5.57. The van der Waals surface area contributed by atoms with E-state index in [-0.39, 0.29) is 8.91 Å². The third-order valence-electron chi connectivity index (χ3n) is 0.937. The molecule has 0 aliphatic heterocycles. The van der Waals surface area contributed by atoms with Gasteiger partial charge in [-0.15, -0.1) is 0 Å². The predicted octanol–water partition coefficient (Wildman–Crippen LogP) is 1.71. The molecule has 0 amide bonds. The lowest BCUT2D eigenvalue weighted by molar-refractivity contribution is 0.211. The van der Waals surface area contributed by atoms with Gasteiger partial charge >= 0.3 is 0 Å². The number of hydrogen-bond acceptors (Lipinski definition) is 3. The second-order valence-electron chi connectivity index (χ2n) is 3.66. The Morgan fingerprint density at radius 1 is 1.45 bits per heavy atom. The zero-order valence-corrected chi connectivity index (χ0v) is 10.7. The molecule has 0 spiro atoms. The van der Waals surface area contributed by atoms with Gasteiger partial charge in [-0.1, -0.05) is 20.8 Å². The van der Waals surface area contributed by atoms with E-state index >= 15 is 0 Å². The van der Waals surface area contributed by atoms with Gasteiger partial charge in [-0.05, 0) is 16.9 Å². The first-order valence-corrected chi connectivity index (χ1v) is 7.92. The van der Waals surface area contributed by atoms with E-state index < -0.39 is 0 Å². The first kappa shape index (κ1) is 11.9. The highest BCUT2D eigenvalue weighted by molar-refractivity contribution is 8.22. The average molecular weight is 210 g/mol. The SMILES string of the molecule is CC(C)(C)CO[SiH2]SCCS. The minimum atomic E-state index is -0.312. The summed E-state index contributed by atoms with van der Waals surface area (Å²) in [7, 11) is -0.312. The zero-order valence-electron chi connectivity index (χ0n) is 7.59. The Kier molecular flexibility index (Phi) is 6.91. The molecule has 11 heavy (non-hydrogen) atoms. The summed E-state index contributed by atoms with van der Waals surface area (Å²) in [5, 5.41) is 0. The van der Waals surface area contributed by atoms with E-state index in [4.69, 9.17) is 4.43 Å². The fourth-order valence-electron chi connectivity index (χ4n) is 0.530. The van der Waals surface area contributed by atoms with E-state index in [1.54, 1.807) is 0 Å². The first-order chi connectivity index (χ1) is 5.06. The van der Waals surface area contributed by atoms with Gasteiger partial charge < -0.3 is 4.43 Å². The molecule has 0 bridgehead atoms. The number of rotatable bonds is 5. The Bertz CT molecular complexity index is 92.9. The van der Waals surface area contributed by atoms with Gasteiger partial charge in [-0.3, -0.25) is 0 Å². The van der Waals surface area contributed by atoms with Gasteiger partial charge in [0.05, 0.1) is 0 Å². The molecule has 68 valence electrons. The second-order valence-corrected chi connectivity index (χ2v) is 7.50. The van der Waals surface area contributed by atoms with Crippen LogP contribution < -0.4 is 0 Å². The summed E-state index contributed by atoms with van der Waals surface area (Å²) in [4.78, 5) is 0. The van der Waals surface area contributed by atoms with Crippen molar-refractivity contribution >= 4 is 32.8 Å². The summed E-state index contributed by atoms with van der Waals surface area (Å²) in [5.74, 6) is 2.11. The quantitative estimate of drug-likeness (QED) is 0.420. The van der Waals surface area contributed by atoms with Crippen molar-refractivity contribution in [1.82, 2.24) is 0 Å². The van der Waals surface area contributed by atoms with Crippen molar-refractivity contribution in [2.24, 2.45) is 5.41 Å². The Morgan fingerprint density at radius 2 is 2.09 bits per heavy atom. The Hall–Kier alpha value is 0.877. The fourth-order valence-corrected chi connectivity index (χ4v) is 4.10. The van der Waals surface area contributed by atoms with Crippen molar-refractivity contribution in [3.8, 4) is 0 Å². The molecule has 0 atom stereocenters. The maximum atomic E-state index is 5.57. The van der Waals surface area contributed by atoms with Crippen LogP contribution in [0.2, 0.25) is 0 Å². The smallest absolute Gasteiger partial charge is 0.222 e. The van der Waals surface area contributed by atoms with E-state index in [2.05, 4.69) is 33.4 Å². The Balaban J connectivity index is 3.02. The van der Waals surface area contributed by atoms with Gasteiger partial charge in [0.2, 0.25) is 8.91 Å². The number of thiol groups is 1. The summed E-state index contributed by atoms with van der Waals surface area (Å²) >= 11 is 6.06. The average Bonchev–Trinajstić information content (AvgIpc) is 1.85. The third-order valence-corrected chi connectivity index (χ3v) is 4.36. The molecule has 0 fully saturated rings. The van der Waals surface area contributed by atoms with Crippen molar-refractivity contribution in [3.05, 3.63) is 0 Å². The molecule has 0 aromatic heterocycles. The molecule has 4 heteroatoms. The van der Waals surface area contributed by atoms with Crippen LogP contribution in [0.3, 0.4) is 0 Å². The molecule has 0 unspecified atom stereocenters. The highest BCUT2D eigenvalue weighted by atomic mass is 32.4. The molecule has 0 aliphatic rings. The van der Waals surface area contributed by atoms with Crippen LogP contribution in [-0.4, -0.2) is 27.0 Å². The lowest BCUT2D eigenvalue weighted by Gasteiger charge is -2.17. The van der Waals surface area contributed by atoms with Gasteiger partial charge in [-0.25, -0.2) is 0 Å².